The van der Waals surface area contributed by atoms with Crippen LogP contribution in [0.3, 0.4) is 0 Å². The van der Waals surface area contributed by atoms with Crippen molar-refractivity contribution in [3.05, 3.63) is 60.2 Å². The predicted molar refractivity (Wildman–Crippen MR) is 105 cm³/mol. The summed E-state index contributed by atoms with van der Waals surface area (Å²) in [5.41, 5.74) is 4.17. The van der Waals surface area contributed by atoms with E-state index in [4.69, 9.17) is 0 Å². The molecule has 1 fully saturated rings. The SMILES string of the molecule is CC.CC.CC1CCC(c2ccc(-c3ccccc3)cc2)CC1. The monoisotopic (exact) mass is 310 g/mol. The Morgan fingerprint density at radius 3 is 1.61 bits per heavy atom. The molecule has 0 heteroatoms. The van der Waals surface area contributed by atoms with Gasteiger partial charge in [0.15, 0.2) is 0 Å². The summed E-state index contributed by atoms with van der Waals surface area (Å²) in [5, 5.41) is 0. The third-order valence-corrected chi connectivity index (χ3v) is 4.51. The van der Waals surface area contributed by atoms with E-state index in [0.717, 1.165) is 11.8 Å². The zero-order valence-corrected chi connectivity index (χ0v) is 15.7. The van der Waals surface area contributed by atoms with Gasteiger partial charge in [0.2, 0.25) is 0 Å². The molecule has 0 amide bonds. The maximum Gasteiger partial charge on any atom is -0.0162 e. The molecule has 0 aliphatic heterocycles. The fourth-order valence-electron chi connectivity index (χ4n) is 3.17. The van der Waals surface area contributed by atoms with Gasteiger partial charge in [0.1, 0.15) is 0 Å². The maximum atomic E-state index is 2.38. The predicted octanol–water partition coefficient (Wildman–Crippen LogP) is 7.70. The average molecular weight is 311 g/mol. The maximum absolute atomic E-state index is 2.38. The fourth-order valence-corrected chi connectivity index (χ4v) is 3.17. The highest BCUT2D eigenvalue weighted by Crippen LogP contribution is 2.36. The Hall–Kier alpha value is -1.56. The van der Waals surface area contributed by atoms with Gasteiger partial charge in [0.05, 0.1) is 0 Å². The van der Waals surface area contributed by atoms with Gasteiger partial charge in [-0.25, -0.2) is 0 Å². The molecular weight excluding hydrogens is 276 g/mol. The van der Waals surface area contributed by atoms with Crippen LogP contribution in [0.4, 0.5) is 0 Å². The van der Waals surface area contributed by atoms with Crippen LogP contribution >= 0.6 is 0 Å². The van der Waals surface area contributed by atoms with Crippen molar-refractivity contribution in [3.8, 4) is 11.1 Å². The van der Waals surface area contributed by atoms with Crippen molar-refractivity contribution in [2.45, 2.75) is 66.2 Å². The minimum Gasteiger partial charge on any atom is -0.0683 e. The molecule has 0 atom stereocenters. The van der Waals surface area contributed by atoms with Gasteiger partial charge in [-0.1, -0.05) is 102 Å². The molecule has 1 saturated carbocycles. The molecule has 0 bridgehead atoms. The Morgan fingerprint density at radius 2 is 1.09 bits per heavy atom. The molecule has 2 aromatic carbocycles. The first kappa shape index (κ1) is 19.5. The minimum absolute atomic E-state index is 0.793. The molecule has 1 aliphatic rings. The number of rotatable bonds is 2. The van der Waals surface area contributed by atoms with Crippen LogP contribution in [-0.4, -0.2) is 0 Å². The zero-order chi connectivity index (χ0) is 17.1. The van der Waals surface area contributed by atoms with Gasteiger partial charge >= 0.3 is 0 Å². The van der Waals surface area contributed by atoms with Crippen LogP contribution in [0.5, 0.6) is 0 Å². The van der Waals surface area contributed by atoms with E-state index in [2.05, 4.69) is 61.5 Å². The first-order valence-electron chi connectivity index (χ1n) is 9.48. The van der Waals surface area contributed by atoms with Crippen LogP contribution in [0.1, 0.15) is 71.8 Å². The molecule has 0 unspecified atom stereocenters. The largest absolute Gasteiger partial charge is 0.0683 e. The molecular formula is C23H34. The average Bonchev–Trinajstić information content (AvgIpc) is 2.67. The second-order valence-corrected chi connectivity index (χ2v) is 5.94. The van der Waals surface area contributed by atoms with Gasteiger partial charge in [-0.05, 0) is 41.4 Å². The van der Waals surface area contributed by atoms with Crippen LogP contribution < -0.4 is 0 Å². The standard InChI is InChI=1S/C19H22.2C2H6/c1-15-7-9-17(10-8-15)19-13-11-18(12-14-19)16-5-3-2-4-6-16;2*1-2/h2-6,11-15,17H,7-10H2,1H3;2*1-2H3. The second kappa shape index (κ2) is 11.0. The highest BCUT2D eigenvalue weighted by molar-refractivity contribution is 5.63. The summed E-state index contributed by atoms with van der Waals surface area (Å²) in [6.45, 7) is 10.4. The van der Waals surface area contributed by atoms with E-state index < -0.39 is 0 Å². The van der Waals surface area contributed by atoms with Gasteiger partial charge in [-0.3, -0.25) is 0 Å². The Balaban J connectivity index is 0.000000615. The Morgan fingerprint density at radius 1 is 0.609 bits per heavy atom. The van der Waals surface area contributed by atoms with Gasteiger partial charge in [0, 0.05) is 0 Å². The van der Waals surface area contributed by atoms with E-state index in [1.54, 1.807) is 0 Å². The quantitative estimate of drug-likeness (QED) is 0.533. The topological polar surface area (TPSA) is 0 Å². The van der Waals surface area contributed by atoms with Gasteiger partial charge in [0.25, 0.3) is 0 Å². The lowest BCUT2D eigenvalue weighted by atomic mass is 9.79. The molecule has 1 aliphatic carbocycles. The molecule has 2 aromatic rings. The number of hydrogen-bond donors (Lipinski definition) is 0. The van der Waals surface area contributed by atoms with Gasteiger partial charge in [-0.15, -0.1) is 0 Å². The van der Waals surface area contributed by atoms with Gasteiger partial charge < -0.3 is 0 Å². The molecule has 3 rings (SSSR count). The lowest BCUT2D eigenvalue weighted by Gasteiger charge is -2.26. The zero-order valence-electron chi connectivity index (χ0n) is 15.7. The molecule has 0 heterocycles. The molecule has 0 spiro atoms. The van der Waals surface area contributed by atoms with Crippen LogP contribution in [0.25, 0.3) is 11.1 Å². The normalized spacial score (nSPS) is 19.7. The van der Waals surface area contributed by atoms with E-state index in [1.165, 1.54) is 42.4 Å². The van der Waals surface area contributed by atoms with Crippen molar-refractivity contribution in [3.63, 3.8) is 0 Å². The van der Waals surface area contributed by atoms with Crippen molar-refractivity contribution in [1.29, 1.82) is 0 Å². The summed E-state index contributed by atoms with van der Waals surface area (Å²) in [5.74, 6) is 1.72. The number of benzene rings is 2. The van der Waals surface area contributed by atoms with Crippen molar-refractivity contribution in [2.75, 3.05) is 0 Å². The molecule has 0 N–H and O–H groups in total. The fraction of sp³-hybridized carbons (Fsp3) is 0.478. The summed E-state index contributed by atoms with van der Waals surface area (Å²) in [6.07, 6.45) is 5.52. The smallest absolute Gasteiger partial charge is 0.0162 e. The summed E-state index contributed by atoms with van der Waals surface area (Å²) in [6, 6.07) is 19.9. The molecule has 0 nitrogen and oxygen atoms in total. The highest BCUT2D eigenvalue weighted by Gasteiger charge is 2.19. The lowest BCUT2D eigenvalue weighted by Crippen LogP contribution is -2.10. The van der Waals surface area contributed by atoms with E-state index in [9.17, 15) is 0 Å². The minimum atomic E-state index is 0.793. The Kier molecular flexibility index (Phi) is 9.36. The molecule has 126 valence electrons. The third-order valence-electron chi connectivity index (χ3n) is 4.51. The Bertz CT molecular complexity index is 501. The second-order valence-electron chi connectivity index (χ2n) is 5.94. The summed E-state index contributed by atoms with van der Waals surface area (Å²) >= 11 is 0. The first-order valence-corrected chi connectivity index (χ1v) is 9.48. The highest BCUT2D eigenvalue weighted by atomic mass is 14.2. The van der Waals surface area contributed by atoms with Crippen LogP contribution in [0.2, 0.25) is 0 Å². The van der Waals surface area contributed by atoms with Crippen molar-refractivity contribution in [1.82, 2.24) is 0 Å². The summed E-state index contributed by atoms with van der Waals surface area (Å²) in [4.78, 5) is 0. The van der Waals surface area contributed by atoms with E-state index in [1.807, 2.05) is 27.7 Å². The lowest BCUT2D eigenvalue weighted by molar-refractivity contribution is 0.348. The molecule has 0 saturated heterocycles. The van der Waals surface area contributed by atoms with Crippen molar-refractivity contribution < 1.29 is 0 Å². The third kappa shape index (κ3) is 5.86. The van der Waals surface area contributed by atoms with Crippen molar-refractivity contribution in [2.24, 2.45) is 5.92 Å². The summed E-state index contributed by atoms with van der Waals surface area (Å²) < 4.78 is 0. The molecule has 0 aromatic heterocycles. The van der Waals surface area contributed by atoms with Crippen LogP contribution in [0.15, 0.2) is 54.6 Å². The van der Waals surface area contributed by atoms with Crippen LogP contribution in [-0.2, 0) is 0 Å². The molecule has 23 heavy (non-hydrogen) atoms. The molecule has 0 radical (unpaired) electrons. The first-order chi connectivity index (χ1) is 11.3. The van der Waals surface area contributed by atoms with Crippen molar-refractivity contribution >= 4 is 0 Å². The van der Waals surface area contributed by atoms with Crippen LogP contribution in [0, 0.1) is 5.92 Å². The van der Waals surface area contributed by atoms with E-state index >= 15 is 0 Å². The number of hydrogen-bond acceptors (Lipinski definition) is 0. The van der Waals surface area contributed by atoms with E-state index in [0.29, 0.717) is 0 Å². The summed E-state index contributed by atoms with van der Waals surface area (Å²) in [7, 11) is 0. The van der Waals surface area contributed by atoms with Gasteiger partial charge in [-0.2, -0.15) is 0 Å². The Labute approximate surface area is 144 Å². The van der Waals surface area contributed by atoms with E-state index in [-0.39, 0.29) is 0 Å².